The van der Waals surface area contributed by atoms with E-state index in [0.717, 1.165) is 16.3 Å². The fourth-order valence-corrected chi connectivity index (χ4v) is 4.58. The number of nitrogens with zero attached hydrogens (tertiary/aromatic N) is 1. The summed E-state index contributed by atoms with van der Waals surface area (Å²) in [6.07, 6.45) is 0.459. The minimum Gasteiger partial charge on any atom is -0.490 e. The molecule has 0 aromatic heterocycles. The zero-order chi connectivity index (χ0) is 30.2. The van der Waals surface area contributed by atoms with Gasteiger partial charge in [0.25, 0.3) is 0 Å². The number of esters is 1. The molecule has 4 N–H and O–H groups in total. The van der Waals surface area contributed by atoms with Gasteiger partial charge in [-0.15, -0.1) is 0 Å². The van der Waals surface area contributed by atoms with Crippen molar-refractivity contribution in [2.24, 2.45) is 5.10 Å². The van der Waals surface area contributed by atoms with Crippen LogP contribution in [0.4, 0.5) is 4.79 Å². The number of hydrazone groups is 1. The van der Waals surface area contributed by atoms with Crippen molar-refractivity contribution >= 4 is 29.0 Å². The number of aliphatic hydroxyl groups excluding tert-OH is 1. The number of methoxy groups -OCH3 is 1. The van der Waals surface area contributed by atoms with E-state index in [-0.39, 0.29) is 18.3 Å². The lowest BCUT2D eigenvalue weighted by molar-refractivity contribution is -0.136. The Balaban J connectivity index is 1.48. The average Bonchev–Trinajstić information content (AvgIpc) is 2.96. The molecule has 1 aliphatic heterocycles. The van der Waals surface area contributed by atoms with Gasteiger partial charge < -0.3 is 34.7 Å². The fourth-order valence-electron chi connectivity index (χ4n) is 4.58. The molecule has 1 aliphatic rings. The minimum absolute atomic E-state index is 0.0191. The molecule has 0 aliphatic carbocycles. The van der Waals surface area contributed by atoms with Crippen LogP contribution in [0.15, 0.2) is 71.0 Å². The number of allylic oxidation sites excluding steroid dienone is 1. The van der Waals surface area contributed by atoms with Gasteiger partial charge in [0.15, 0.2) is 17.7 Å². The van der Waals surface area contributed by atoms with Crippen LogP contribution in [-0.2, 0) is 9.53 Å². The van der Waals surface area contributed by atoms with Gasteiger partial charge in [0.2, 0.25) is 0 Å². The Morgan fingerprint density at radius 3 is 2.60 bits per heavy atom. The monoisotopic (exact) mass is 576 g/mol. The molecule has 0 bridgehead atoms. The van der Waals surface area contributed by atoms with Crippen LogP contribution < -0.4 is 30.3 Å². The molecule has 11 heteroatoms. The number of hydrogen-bond donors (Lipinski definition) is 4. The van der Waals surface area contributed by atoms with E-state index in [4.69, 9.17) is 18.9 Å². The molecule has 3 aromatic rings. The second-order valence-corrected chi connectivity index (χ2v) is 9.78. The third-order valence-corrected chi connectivity index (χ3v) is 6.38. The van der Waals surface area contributed by atoms with Gasteiger partial charge in [-0.2, -0.15) is 5.10 Å². The highest BCUT2D eigenvalue weighted by molar-refractivity contribution is 6.02. The molecule has 0 saturated carbocycles. The molecule has 42 heavy (non-hydrogen) atoms. The third kappa shape index (κ3) is 7.10. The summed E-state index contributed by atoms with van der Waals surface area (Å²) in [6, 6.07) is 15.7. The Morgan fingerprint density at radius 2 is 1.86 bits per heavy atom. The zero-order valence-corrected chi connectivity index (χ0v) is 24.3. The van der Waals surface area contributed by atoms with E-state index in [1.807, 2.05) is 57.2 Å². The number of benzene rings is 3. The molecule has 11 nitrogen and oxygen atoms in total. The van der Waals surface area contributed by atoms with E-state index in [0.29, 0.717) is 35.1 Å². The first-order chi connectivity index (χ1) is 20.2. The summed E-state index contributed by atoms with van der Waals surface area (Å²) < 4.78 is 22.5. The van der Waals surface area contributed by atoms with Crippen LogP contribution in [0.2, 0.25) is 0 Å². The van der Waals surface area contributed by atoms with Gasteiger partial charge in [-0.1, -0.05) is 36.4 Å². The lowest BCUT2D eigenvalue weighted by Crippen LogP contribution is -2.45. The van der Waals surface area contributed by atoms with Gasteiger partial charge in [-0.25, -0.2) is 9.59 Å². The molecular weight excluding hydrogens is 540 g/mol. The number of rotatable bonds is 12. The van der Waals surface area contributed by atoms with Crippen LogP contribution in [-0.4, -0.2) is 56.0 Å². The van der Waals surface area contributed by atoms with Crippen molar-refractivity contribution in [3.63, 3.8) is 0 Å². The molecule has 3 aromatic carbocycles. The van der Waals surface area contributed by atoms with Crippen LogP contribution in [0.25, 0.3) is 10.8 Å². The summed E-state index contributed by atoms with van der Waals surface area (Å²) in [5, 5.41) is 22.1. The van der Waals surface area contributed by atoms with Crippen molar-refractivity contribution in [1.82, 2.24) is 16.1 Å². The number of fused-ring (bicyclic) bond motifs is 1. The van der Waals surface area contributed by atoms with E-state index in [9.17, 15) is 14.7 Å². The van der Waals surface area contributed by atoms with Gasteiger partial charge >= 0.3 is 12.0 Å². The summed E-state index contributed by atoms with van der Waals surface area (Å²) in [5.74, 6) is 0.871. The van der Waals surface area contributed by atoms with Crippen LogP contribution >= 0.6 is 0 Å². The van der Waals surface area contributed by atoms with E-state index in [2.05, 4.69) is 21.2 Å². The van der Waals surface area contributed by atoms with Crippen LogP contribution in [0, 0.1) is 0 Å². The van der Waals surface area contributed by atoms with Gasteiger partial charge in [0.05, 0.1) is 37.7 Å². The Labute approximate surface area is 244 Å². The molecular formula is C31H36N4O7. The summed E-state index contributed by atoms with van der Waals surface area (Å²) in [4.78, 5) is 24.6. The Bertz CT molecular complexity index is 1500. The number of nitrogens with one attached hydrogen (secondary N) is 3. The predicted octanol–water partition coefficient (Wildman–Crippen LogP) is 4.15. The molecule has 2 atom stereocenters. The van der Waals surface area contributed by atoms with Crippen molar-refractivity contribution < 1.29 is 33.6 Å². The summed E-state index contributed by atoms with van der Waals surface area (Å²) in [5.41, 5.74) is 4.75. The normalized spacial score (nSPS) is 15.8. The van der Waals surface area contributed by atoms with Gasteiger partial charge in [0.1, 0.15) is 12.4 Å². The second kappa shape index (κ2) is 13.7. The van der Waals surface area contributed by atoms with E-state index < -0.39 is 24.3 Å². The van der Waals surface area contributed by atoms with Crippen molar-refractivity contribution in [3.8, 4) is 17.2 Å². The maximum absolute atomic E-state index is 12.4. The molecule has 0 saturated heterocycles. The molecule has 0 spiro atoms. The predicted molar refractivity (Wildman–Crippen MR) is 159 cm³/mol. The van der Waals surface area contributed by atoms with Gasteiger partial charge in [-0.05, 0) is 62.2 Å². The van der Waals surface area contributed by atoms with Crippen LogP contribution in [0.5, 0.6) is 17.2 Å². The maximum atomic E-state index is 12.4. The lowest BCUT2D eigenvalue weighted by atomic mass is 9.95. The number of ether oxygens (including phenoxy) is 4. The standard InChI is InChI=1S/C31H36N4O7/c1-6-40-26-15-21(29-28(30(37)39-5)19(4)33-31(38)34-29)12-14-25(26)41-17-27(36)35-32-16-23-22-10-8-7-9-20(22)11-13-24(23)42-18(2)3/h7-16,18,27,29,35-36H,6,17H2,1-5H3,(H2,33,34,38)/b32-16+/t27-,29+/m1/s1. The number of carbonyl (C=O) groups is 2. The first-order valence-corrected chi connectivity index (χ1v) is 13.6. The second-order valence-electron chi connectivity index (χ2n) is 9.78. The topological polar surface area (TPSA) is 140 Å². The third-order valence-electron chi connectivity index (χ3n) is 6.38. The van der Waals surface area contributed by atoms with Crippen molar-refractivity contribution in [2.75, 3.05) is 20.3 Å². The fraction of sp³-hybridized carbons (Fsp3) is 0.323. The zero-order valence-electron chi connectivity index (χ0n) is 24.3. The highest BCUT2D eigenvalue weighted by atomic mass is 16.5. The summed E-state index contributed by atoms with van der Waals surface area (Å²) >= 11 is 0. The molecule has 0 unspecified atom stereocenters. The largest absolute Gasteiger partial charge is 0.490 e. The smallest absolute Gasteiger partial charge is 0.337 e. The number of hydrogen-bond acceptors (Lipinski definition) is 9. The average molecular weight is 577 g/mol. The van der Waals surface area contributed by atoms with Crippen molar-refractivity contribution in [2.45, 2.75) is 46.1 Å². The Kier molecular flexibility index (Phi) is 9.87. The molecule has 2 amide bonds. The van der Waals surface area contributed by atoms with Crippen LogP contribution in [0.3, 0.4) is 0 Å². The van der Waals surface area contributed by atoms with Gasteiger partial charge in [0, 0.05) is 11.3 Å². The quantitative estimate of drug-likeness (QED) is 0.109. The highest BCUT2D eigenvalue weighted by Gasteiger charge is 2.32. The first kappa shape index (κ1) is 30.2. The molecule has 1 heterocycles. The summed E-state index contributed by atoms with van der Waals surface area (Å²) in [7, 11) is 1.28. The van der Waals surface area contributed by atoms with Crippen LogP contribution in [0.1, 0.15) is 44.9 Å². The number of aliphatic hydroxyl groups is 1. The number of urea groups is 1. The van der Waals surface area contributed by atoms with E-state index >= 15 is 0 Å². The van der Waals surface area contributed by atoms with Crippen molar-refractivity contribution in [3.05, 3.63) is 77.0 Å². The Hall–Kier alpha value is -4.77. The molecule has 222 valence electrons. The maximum Gasteiger partial charge on any atom is 0.337 e. The molecule has 0 fully saturated rings. The van der Waals surface area contributed by atoms with Gasteiger partial charge in [-0.3, -0.25) is 5.43 Å². The number of amides is 2. The SMILES string of the molecule is CCOc1cc([C@@H]2NC(=O)NC(C)=C2C(=O)OC)ccc1OC[C@@H](O)N/N=C/c1c(OC(C)C)ccc2ccccc12. The van der Waals surface area contributed by atoms with Crippen molar-refractivity contribution in [1.29, 1.82) is 0 Å². The lowest BCUT2D eigenvalue weighted by Gasteiger charge is -2.28. The minimum atomic E-state index is -1.14. The number of carbonyl (C=O) groups excluding carboxylic acids is 2. The van der Waals surface area contributed by atoms with E-state index in [1.165, 1.54) is 7.11 Å². The highest BCUT2D eigenvalue weighted by Crippen LogP contribution is 2.35. The Morgan fingerprint density at radius 1 is 1.10 bits per heavy atom. The summed E-state index contributed by atoms with van der Waals surface area (Å²) in [6.45, 7) is 7.57. The molecule has 0 radical (unpaired) electrons. The first-order valence-electron chi connectivity index (χ1n) is 13.6. The van der Waals surface area contributed by atoms with E-state index in [1.54, 1.807) is 31.3 Å². The molecule has 4 rings (SSSR count).